The van der Waals surface area contributed by atoms with Crippen molar-refractivity contribution in [2.24, 2.45) is 5.73 Å². The molecule has 1 atom stereocenters. The van der Waals surface area contributed by atoms with Crippen molar-refractivity contribution < 1.29 is 9.18 Å². The van der Waals surface area contributed by atoms with Gasteiger partial charge in [0.15, 0.2) is 0 Å². The normalized spacial score (nSPS) is 19.2. The number of amides is 1. The number of piperidine rings is 1. The van der Waals surface area contributed by atoms with Crippen molar-refractivity contribution in [2.45, 2.75) is 25.3 Å². The Morgan fingerprint density at radius 2 is 2.30 bits per heavy atom. The minimum Gasteiger partial charge on any atom is -0.327 e. The van der Waals surface area contributed by atoms with E-state index in [2.05, 4.69) is 10.2 Å². The SMILES string of the molecule is Cl.NC1CCCN(CCC(=O)Nc2cccc(F)c2)C1. The molecule has 1 unspecified atom stereocenters. The van der Waals surface area contributed by atoms with Crippen molar-refractivity contribution in [1.82, 2.24) is 4.90 Å². The van der Waals surface area contributed by atoms with Crippen molar-refractivity contribution in [3.63, 3.8) is 0 Å². The van der Waals surface area contributed by atoms with Crippen LogP contribution in [0, 0.1) is 5.82 Å². The van der Waals surface area contributed by atoms with Crippen molar-refractivity contribution >= 4 is 24.0 Å². The van der Waals surface area contributed by atoms with Gasteiger partial charge in [-0.15, -0.1) is 12.4 Å². The third-order valence-electron chi connectivity index (χ3n) is 3.31. The maximum absolute atomic E-state index is 13.0. The molecule has 1 aromatic rings. The zero-order valence-corrected chi connectivity index (χ0v) is 12.2. The topological polar surface area (TPSA) is 58.4 Å². The maximum Gasteiger partial charge on any atom is 0.225 e. The van der Waals surface area contributed by atoms with Crippen LogP contribution >= 0.6 is 12.4 Å². The fourth-order valence-electron chi connectivity index (χ4n) is 2.34. The molecule has 1 aliphatic rings. The zero-order chi connectivity index (χ0) is 13.7. The lowest BCUT2D eigenvalue weighted by Gasteiger charge is -2.30. The summed E-state index contributed by atoms with van der Waals surface area (Å²) >= 11 is 0. The molecule has 1 heterocycles. The minimum atomic E-state index is -0.347. The first-order chi connectivity index (χ1) is 9.13. The van der Waals surface area contributed by atoms with Crippen LogP contribution < -0.4 is 11.1 Å². The smallest absolute Gasteiger partial charge is 0.225 e. The van der Waals surface area contributed by atoms with E-state index >= 15 is 0 Å². The van der Waals surface area contributed by atoms with Crippen LogP contribution in [-0.4, -0.2) is 36.5 Å². The molecule has 4 nitrogen and oxygen atoms in total. The van der Waals surface area contributed by atoms with Gasteiger partial charge in [0, 0.05) is 31.2 Å². The summed E-state index contributed by atoms with van der Waals surface area (Å²) in [4.78, 5) is 14.0. The molecule has 0 spiro atoms. The van der Waals surface area contributed by atoms with E-state index in [-0.39, 0.29) is 30.2 Å². The number of rotatable bonds is 4. The molecule has 2 rings (SSSR count). The highest BCUT2D eigenvalue weighted by Crippen LogP contribution is 2.11. The first-order valence-electron chi connectivity index (χ1n) is 6.67. The Morgan fingerprint density at radius 3 is 3.00 bits per heavy atom. The third-order valence-corrected chi connectivity index (χ3v) is 3.31. The fraction of sp³-hybridized carbons (Fsp3) is 0.500. The maximum atomic E-state index is 13.0. The monoisotopic (exact) mass is 301 g/mol. The molecule has 1 amide bonds. The van der Waals surface area contributed by atoms with E-state index in [1.165, 1.54) is 12.1 Å². The van der Waals surface area contributed by atoms with Crippen LogP contribution in [0.2, 0.25) is 0 Å². The highest BCUT2D eigenvalue weighted by molar-refractivity contribution is 5.90. The summed E-state index contributed by atoms with van der Waals surface area (Å²) in [5.74, 6) is -0.440. The molecule has 1 fully saturated rings. The number of anilines is 1. The summed E-state index contributed by atoms with van der Waals surface area (Å²) in [6.07, 6.45) is 2.56. The van der Waals surface area contributed by atoms with E-state index in [0.717, 1.165) is 25.9 Å². The van der Waals surface area contributed by atoms with Crippen LogP contribution in [0.4, 0.5) is 10.1 Å². The van der Waals surface area contributed by atoms with Gasteiger partial charge in [0.25, 0.3) is 0 Å². The predicted octanol–water partition coefficient (Wildman–Crippen LogP) is 2.00. The van der Waals surface area contributed by atoms with Gasteiger partial charge in [0.05, 0.1) is 0 Å². The fourth-order valence-corrected chi connectivity index (χ4v) is 2.34. The number of hydrogen-bond acceptors (Lipinski definition) is 3. The molecule has 0 aliphatic carbocycles. The number of carbonyl (C=O) groups is 1. The molecule has 0 aromatic heterocycles. The number of nitrogens with one attached hydrogen (secondary N) is 1. The Labute approximate surface area is 124 Å². The lowest BCUT2D eigenvalue weighted by Crippen LogP contribution is -2.43. The Balaban J connectivity index is 0.00000200. The molecular weight excluding hydrogens is 281 g/mol. The van der Waals surface area contributed by atoms with Gasteiger partial charge in [-0.1, -0.05) is 6.07 Å². The lowest BCUT2D eigenvalue weighted by molar-refractivity contribution is -0.116. The van der Waals surface area contributed by atoms with Crippen LogP contribution in [0.15, 0.2) is 24.3 Å². The molecule has 0 bridgehead atoms. The average molecular weight is 302 g/mol. The van der Waals surface area contributed by atoms with E-state index in [1.54, 1.807) is 12.1 Å². The van der Waals surface area contributed by atoms with E-state index in [9.17, 15) is 9.18 Å². The first-order valence-corrected chi connectivity index (χ1v) is 6.67. The second-order valence-corrected chi connectivity index (χ2v) is 5.01. The standard InChI is InChI=1S/C14H20FN3O.ClH/c15-11-3-1-5-13(9-11)17-14(19)6-8-18-7-2-4-12(16)10-18;/h1,3,5,9,12H,2,4,6-8,10,16H2,(H,17,19);1H. The van der Waals surface area contributed by atoms with E-state index in [4.69, 9.17) is 5.73 Å². The lowest BCUT2D eigenvalue weighted by atomic mass is 10.1. The molecule has 20 heavy (non-hydrogen) atoms. The predicted molar refractivity (Wildman–Crippen MR) is 80.5 cm³/mol. The number of halogens is 2. The summed E-state index contributed by atoms with van der Waals surface area (Å²) in [6.45, 7) is 2.56. The summed E-state index contributed by atoms with van der Waals surface area (Å²) < 4.78 is 13.0. The van der Waals surface area contributed by atoms with E-state index < -0.39 is 0 Å². The van der Waals surface area contributed by atoms with Crippen LogP contribution in [0.3, 0.4) is 0 Å². The van der Waals surface area contributed by atoms with Crippen LogP contribution in [0.5, 0.6) is 0 Å². The van der Waals surface area contributed by atoms with Gasteiger partial charge in [-0.3, -0.25) is 4.79 Å². The molecule has 0 saturated carbocycles. The van der Waals surface area contributed by atoms with Crippen molar-refractivity contribution in [3.05, 3.63) is 30.1 Å². The van der Waals surface area contributed by atoms with Gasteiger partial charge in [-0.05, 0) is 37.6 Å². The molecule has 6 heteroatoms. The van der Waals surface area contributed by atoms with Crippen LogP contribution in [-0.2, 0) is 4.79 Å². The van der Waals surface area contributed by atoms with Gasteiger partial charge >= 0.3 is 0 Å². The van der Waals surface area contributed by atoms with Gasteiger partial charge in [-0.2, -0.15) is 0 Å². The number of nitrogens with zero attached hydrogens (tertiary/aromatic N) is 1. The molecule has 1 aliphatic heterocycles. The molecule has 1 aromatic carbocycles. The van der Waals surface area contributed by atoms with Crippen LogP contribution in [0.1, 0.15) is 19.3 Å². The van der Waals surface area contributed by atoms with Gasteiger partial charge in [0.1, 0.15) is 5.82 Å². The second kappa shape index (κ2) is 8.19. The van der Waals surface area contributed by atoms with Crippen molar-refractivity contribution in [1.29, 1.82) is 0 Å². The summed E-state index contributed by atoms with van der Waals surface area (Å²) in [6, 6.07) is 6.14. The Hall–Kier alpha value is -1.17. The highest BCUT2D eigenvalue weighted by Gasteiger charge is 2.17. The van der Waals surface area contributed by atoms with Crippen LogP contribution in [0.25, 0.3) is 0 Å². The largest absolute Gasteiger partial charge is 0.327 e. The van der Waals surface area contributed by atoms with Gasteiger partial charge < -0.3 is 16.0 Å². The average Bonchev–Trinajstić information content (AvgIpc) is 2.36. The third kappa shape index (κ3) is 5.45. The van der Waals surface area contributed by atoms with E-state index in [1.807, 2.05) is 0 Å². The number of carbonyl (C=O) groups excluding carboxylic acids is 1. The Kier molecular flexibility index (Phi) is 6.91. The molecule has 1 saturated heterocycles. The molecule has 112 valence electrons. The number of nitrogens with two attached hydrogens (primary N) is 1. The summed E-state index contributed by atoms with van der Waals surface area (Å²) in [5.41, 5.74) is 6.39. The quantitative estimate of drug-likeness (QED) is 0.894. The van der Waals surface area contributed by atoms with E-state index in [0.29, 0.717) is 18.7 Å². The summed E-state index contributed by atoms with van der Waals surface area (Å²) in [5, 5.41) is 2.70. The number of likely N-dealkylation sites (tertiary alicyclic amines) is 1. The highest BCUT2D eigenvalue weighted by atomic mass is 35.5. The Bertz CT molecular complexity index is 444. The van der Waals surface area contributed by atoms with Crippen molar-refractivity contribution in [2.75, 3.05) is 25.0 Å². The molecular formula is C14H21ClFN3O. The first kappa shape index (κ1) is 16.9. The number of benzene rings is 1. The van der Waals surface area contributed by atoms with Crippen molar-refractivity contribution in [3.8, 4) is 0 Å². The van der Waals surface area contributed by atoms with Gasteiger partial charge in [0.2, 0.25) is 5.91 Å². The number of hydrogen-bond donors (Lipinski definition) is 2. The van der Waals surface area contributed by atoms with Gasteiger partial charge in [-0.25, -0.2) is 4.39 Å². The second-order valence-electron chi connectivity index (χ2n) is 5.01. The molecule has 3 N–H and O–H groups in total. The Morgan fingerprint density at radius 1 is 1.50 bits per heavy atom. The minimum absolute atomic E-state index is 0. The summed E-state index contributed by atoms with van der Waals surface area (Å²) in [7, 11) is 0. The molecule has 0 radical (unpaired) electrons. The zero-order valence-electron chi connectivity index (χ0n) is 11.3.